The molecule has 2 fully saturated rings. The minimum Gasteiger partial charge on any atom is -0.352 e. The number of carbonyl (C=O) groups excluding carboxylic acids is 1. The Labute approximate surface area is 92.0 Å². The molecule has 1 aliphatic carbocycles. The third-order valence-electron chi connectivity index (χ3n) is 4.12. The van der Waals surface area contributed by atoms with Crippen LogP contribution in [0.3, 0.4) is 0 Å². The molecule has 3 atom stereocenters. The predicted molar refractivity (Wildman–Crippen MR) is 60.5 cm³/mol. The number of hydrogen-bond donors (Lipinski definition) is 2. The summed E-state index contributed by atoms with van der Waals surface area (Å²) in [4.78, 5) is 11.9. The molecule has 15 heavy (non-hydrogen) atoms. The lowest BCUT2D eigenvalue weighted by Gasteiger charge is -2.24. The van der Waals surface area contributed by atoms with Crippen molar-refractivity contribution in [2.75, 3.05) is 13.1 Å². The van der Waals surface area contributed by atoms with E-state index in [0.717, 1.165) is 32.4 Å². The molecule has 0 spiro atoms. The van der Waals surface area contributed by atoms with E-state index in [2.05, 4.69) is 24.5 Å². The third-order valence-corrected chi connectivity index (χ3v) is 4.12. The molecule has 3 nitrogen and oxygen atoms in total. The van der Waals surface area contributed by atoms with Crippen LogP contribution in [0.4, 0.5) is 0 Å². The van der Waals surface area contributed by atoms with Gasteiger partial charge in [0.2, 0.25) is 5.91 Å². The van der Waals surface area contributed by atoms with Gasteiger partial charge in [-0.2, -0.15) is 0 Å². The molecule has 1 saturated carbocycles. The van der Waals surface area contributed by atoms with E-state index in [-0.39, 0.29) is 11.8 Å². The van der Waals surface area contributed by atoms with Gasteiger partial charge in [0.25, 0.3) is 0 Å². The summed E-state index contributed by atoms with van der Waals surface area (Å²) in [5.74, 6) is 0.567. The Kier molecular flexibility index (Phi) is 3.01. The van der Waals surface area contributed by atoms with Gasteiger partial charge in [-0.1, -0.05) is 13.8 Å². The Hall–Kier alpha value is -0.570. The quantitative estimate of drug-likeness (QED) is 0.737. The standard InChI is InChI=1S/C12H22N2O/c1-3-12(2)7-10(12)11(15)14-9-5-4-6-13-8-9/h9-10,13H,3-8H2,1-2H3,(H,14,15)/t9-,10?,12?/m0/s1. The number of carbonyl (C=O) groups is 1. The Morgan fingerprint density at radius 1 is 1.60 bits per heavy atom. The van der Waals surface area contributed by atoms with E-state index in [1.54, 1.807) is 0 Å². The summed E-state index contributed by atoms with van der Waals surface area (Å²) >= 11 is 0. The van der Waals surface area contributed by atoms with Crippen molar-refractivity contribution in [3.63, 3.8) is 0 Å². The molecule has 2 aliphatic rings. The fourth-order valence-electron chi connectivity index (χ4n) is 2.48. The lowest BCUT2D eigenvalue weighted by Crippen LogP contribution is -2.46. The first-order valence-electron chi connectivity index (χ1n) is 6.17. The number of nitrogens with one attached hydrogen (secondary N) is 2. The average Bonchev–Trinajstić information content (AvgIpc) is 2.93. The fourth-order valence-corrected chi connectivity index (χ4v) is 2.48. The van der Waals surface area contributed by atoms with Gasteiger partial charge in [-0.15, -0.1) is 0 Å². The molecule has 2 N–H and O–H groups in total. The van der Waals surface area contributed by atoms with Crippen molar-refractivity contribution in [1.29, 1.82) is 0 Å². The van der Waals surface area contributed by atoms with Crippen LogP contribution in [0, 0.1) is 11.3 Å². The van der Waals surface area contributed by atoms with E-state index in [0.29, 0.717) is 11.5 Å². The molecule has 0 bridgehead atoms. The summed E-state index contributed by atoms with van der Waals surface area (Å²) in [7, 11) is 0. The predicted octanol–water partition coefficient (Wildman–Crippen LogP) is 1.29. The lowest BCUT2D eigenvalue weighted by atomic mass is 10.0. The van der Waals surface area contributed by atoms with Crippen molar-refractivity contribution in [2.45, 2.75) is 45.6 Å². The average molecular weight is 210 g/mol. The van der Waals surface area contributed by atoms with Crippen LogP contribution in [0.2, 0.25) is 0 Å². The van der Waals surface area contributed by atoms with Crippen molar-refractivity contribution >= 4 is 5.91 Å². The molecule has 0 aromatic carbocycles. The van der Waals surface area contributed by atoms with Crippen LogP contribution in [0.5, 0.6) is 0 Å². The molecule has 0 aromatic heterocycles. The second kappa shape index (κ2) is 4.12. The van der Waals surface area contributed by atoms with Gasteiger partial charge >= 0.3 is 0 Å². The van der Waals surface area contributed by atoms with E-state index >= 15 is 0 Å². The van der Waals surface area contributed by atoms with Crippen molar-refractivity contribution in [1.82, 2.24) is 10.6 Å². The van der Waals surface area contributed by atoms with E-state index < -0.39 is 0 Å². The maximum atomic E-state index is 11.9. The summed E-state index contributed by atoms with van der Waals surface area (Å²) in [6.07, 6.45) is 4.51. The molecule has 1 saturated heterocycles. The highest BCUT2D eigenvalue weighted by Crippen LogP contribution is 2.54. The fraction of sp³-hybridized carbons (Fsp3) is 0.917. The Bertz CT molecular complexity index is 248. The van der Waals surface area contributed by atoms with Gasteiger partial charge in [0.05, 0.1) is 0 Å². The summed E-state index contributed by atoms with van der Waals surface area (Å²) in [6, 6.07) is 0.368. The first-order chi connectivity index (χ1) is 7.15. The van der Waals surface area contributed by atoms with Gasteiger partial charge in [0.15, 0.2) is 0 Å². The third kappa shape index (κ3) is 2.33. The van der Waals surface area contributed by atoms with Crippen molar-refractivity contribution < 1.29 is 4.79 Å². The van der Waals surface area contributed by atoms with Crippen LogP contribution in [-0.4, -0.2) is 25.0 Å². The highest BCUT2D eigenvalue weighted by atomic mass is 16.2. The molecule has 1 aliphatic heterocycles. The van der Waals surface area contributed by atoms with E-state index in [1.165, 1.54) is 6.42 Å². The first kappa shape index (κ1) is 10.9. The number of piperidine rings is 1. The minimum atomic E-state index is 0.282. The zero-order valence-corrected chi connectivity index (χ0v) is 9.81. The number of hydrogen-bond acceptors (Lipinski definition) is 2. The molecule has 1 amide bonds. The SMILES string of the molecule is CCC1(C)CC1C(=O)N[C@H]1CCCNC1. The molecular weight excluding hydrogens is 188 g/mol. The zero-order chi connectivity index (χ0) is 10.9. The van der Waals surface area contributed by atoms with Crippen molar-refractivity contribution in [3.05, 3.63) is 0 Å². The molecule has 2 unspecified atom stereocenters. The molecule has 0 aromatic rings. The second-order valence-corrected chi connectivity index (χ2v) is 5.32. The number of amides is 1. The highest BCUT2D eigenvalue weighted by molar-refractivity contribution is 5.82. The Morgan fingerprint density at radius 3 is 2.93 bits per heavy atom. The summed E-state index contributed by atoms with van der Waals surface area (Å²) in [5.41, 5.74) is 0.298. The van der Waals surface area contributed by atoms with Crippen LogP contribution >= 0.6 is 0 Å². The Balaban J connectivity index is 1.78. The van der Waals surface area contributed by atoms with Gasteiger partial charge < -0.3 is 10.6 Å². The highest BCUT2D eigenvalue weighted by Gasteiger charge is 2.53. The smallest absolute Gasteiger partial charge is 0.223 e. The zero-order valence-electron chi connectivity index (χ0n) is 9.81. The molecular formula is C12H22N2O. The van der Waals surface area contributed by atoms with Gasteiger partial charge in [-0.25, -0.2) is 0 Å². The van der Waals surface area contributed by atoms with Gasteiger partial charge in [-0.3, -0.25) is 4.79 Å². The van der Waals surface area contributed by atoms with Gasteiger partial charge in [0.1, 0.15) is 0 Å². The second-order valence-electron chi connectivity index (χ2n) is 5.32. The summed E-state index contributed by atoms with van der Waals surface area (Å²) < 4.78 is 0. The largest absolute Gasteiger partial charge is 0.352 e. The molecule has 1 heterocycles. The van der Waals surface area contributed by atoms with E-state index in [9.17, 15) is 4.79 Å². The lowest BCUT2D eigenvalue weighted by molar-refractivity contribution is -0.123. The minimum absolute atomic E-state index is 0.282. The maximum Gasteiger partial charge on any atom is 0.223 e. The first-order valence-corrected chi connectivity index (χ1v) is 6.17. The van der Waals surface area contributed by atoms with Crippen LogP contribution in [-0.2, 0) is 4.79 Å². The topological polar surface area (TPSA) is 41.1 Å². The molecule has 0 radical (unpaired) electrons. The molecule has 86 valence electrons. The van der Waals surface area contributed by atoms with Crippen LogP contribution in [0.25, 0.3) is 0 Å². The van der Waals surface area contributed by atoms with E-state index in [1.807, 2.05) is 0 Å². The molecule has 3 heteroatoms. The Morgan fingerprint density at radius 2 is 2.40 bits per heavy atom. The van der Waals surface area contributed by atoms with Crippen LogP contribution in [0.1, 0.15) is 39.5 Å². The number of rotatable bonds is 3. The van der Waals surface area contributed by atoms with E-state index in [4.69, 9.17) is 0 Å². The maximum absolute atomic E-state index is 11.9. The monoisotopic (exact) mass is 210 g/mol. The van der Waals surface area contributed by atoms with Crippen molar-refractivity contribution in [3.8, 4) is 0 Å². The summed E-state index contributed by atoms with van der Waals surface area (Å²) in [6.45, 7) is 6.44. The van der Waals surface area contributed by atoms with Crippen LogP contribution in [0.15, 0.2) is 0 Å². The molecule has 2 rings (SSSR count). The normalized spacial score (nSPS) is 39.9. The van der Waals surface area contributed by atoms with Crippen molar-refractivity contribution in [2.24, 2.45) is 11.3 Å². The van der Waals surface area contributed by atoms with Gasteiger partial charge in [0, 0.05) is 18.5 Å². The summed E-state index contributed by atoms with van der Waals surface area (Å²) in [5, 5.41) is 6.49. The van der Waals surface area contributed by atoms with Gasteiger partial charge in [-0.05, 0) is 37.6 Å². The van der Waals surface area contributed by atoms with Crippen LogP contribution < -0.4 is 10.6 Å².